The number of benzene rings is 1. The van der Waals surface area contributed by atoms with Gasteiger partial charge >= 0.3 is 5.97 Å². The fraction of sp³-hybridized carbons (Fsp3) is 0.533. The van der Waals surface area contributed by atoms with Crippen LogP contribution in [0.3, 0.4) is 0 Å². The molecule has 21 heavy (non-hydrogen) atoms. The molecule has 5 nitrogen and oxygen atoms in total. The van der Waals surface area contributed by atoms with Gasteiger partial charge in [0.05, 0.1) is 17.9 Å². The Morgan fingerprint density at radius 2 is 1.81 bits per heavy atom. The third-order valence-electron chi connectivity index (χ3n) is 3.96. The van der Waals surface area contributed by atoms with E-state index in [1.54, 1.807) is 12.1 Å². The van der Waals surface area contributed by atoms with Crippen LogP contribution < -0.4 is 0 Å². The zero-order valence-electron chi connectivity index (χ0n) is 12.4. The summed E-state index contributed by atoms with van der Waals surface area (Å²) in [6.07, 6.45) is 1.91. The van der Waals surface area contributed by atoms with E-state index in [-0.39, 0.29) is 11.9 Å². The summed E-state index contributed by atoms with van der Waals surface area (Å²) < 4.78 is 31.3. The normalized spacial score (nSPS) is 17.6. The van der Waals surface area contributed by atoms with Gasteiger partial charge < -0.3 is 4.74 Å². The molecule has 1 aliphatic heterocycles. The molecule has 2 rings (SSSR count). The van der Waals surface area contributed by atoms with Gasteiger partial charge in [-0.05, 0) is 37.0 Å². The number of piperidine rings is 1. The second-order valence-corrected chi connectivity index (χ2v) is 7.14. The van der Waals surface area contributed by atoms with Crippen LogP contribution in [0.15, 0.2) is 29.2 Å². The standard InChI is InChI=1S/C15H21NO4S/c1-3-12-4-6-14(7-5-12)21(18,19)16-10-8-13(9-11-16)15(17)20-2/h4-7,13H,3,8-11H2,1-2H3. The van der Waals surface area contributed by atoms with E-state index in [2.05, 4.69) is 0 Å². The van der Waals surface area contributed by atoms with Crippen molar-refractivity contribution < 1.29 is 17.9 Å². The Morgan fingerprint density at radius 3 is 2.29 bits per heavy atom. The zero-order chi connectivity index (χ0) is 15.5. The molecule has 0 bridgehead atoms. The fourth-order valence-corrected chi connectivity index (χ4v) is 4.01. The van der Waals surface area contributed by atoms with Crippen LogP contribution in [0.25, 0.3) is 0 Å². The van der Waals surface area contributed by atoms with Crippen LogP contribution in [0.5, 0.6) is 0 Å². The summed E-state index contributed by atoms with van der Waals surface area (Å²) in [4.78, 5) is 11.8. The maximum absolute atomic E-state index is 12.5. The molecule has 0 spiro atoms. The molecule has 0 N–H and O–H groups in total. The van der Waals surface area contributed by atoms with E-state index in [0.717, 1.165) is 12.0 Å². The van der Waals surface area contributed by atoms with Crippen LogP contribution >= 0.6 is 0 Å². The Balaban J connectivity index is 2.09. The molecule has 0 aromatic heterocycles. The highest BCUT2D eigenvalue weighted by Gasteiger charge is 2.32. The van der Waals surface area contributed by atoms with Gasteiger partial charge in [0.25, 0.3) is 0 Å². The van der Waals surface area contributed by atoms with Gasteiger partial charge in [-0.15, -0.1) is 0 Å². The van der Waals surface area contributed by atoms with Crippen LogP contribution in [0.2, 0.25) is 0 Å². The van der Waals surface area contributed by atoms with E-state index >= 15 is 0 Å². The van der Waals surface area contributed by atoms with Crippen molar-refractivity contribution in [3.05, 3.63) is 29.8 Å². The molecule has 1 aromatic rings. The quantitative estimate of drug-likeness (QED) is 0.796. The summed E-state index contributed by atoms with van der Waals surface area (Å²) in [5.41, 5.74) is 1.11. The van der Waals surface area contributed by atoms with E-state index in [0.29, 0.717) is 30.8 Å². The number of nitrogens with zero attached hydrogens (tertiary/aromatic N) is 1. The molecule has 0 amide bonds. The summed E-state index contributed by atoms with van der Waals surface area (Å²) in [7, 11) is -2.10. The van der Waals surface area contributed by atoms with Crippen LogP contribution in [0.4, 0.5) is 0 Å². The van der Waals surface area contributed by atoms with E-state index in [1.165, 1.54) is 11.4 Å². The lowest BCUT2D eigenvalue weighted by molar-refractivity contribution is -0.146. The van der Waals surface area contributed by atoms with E-state index in [4.69, 9.17) is 4.74 Å². The monoisotopic (exact) mass is 311 g/mol. The van der Waals surface area contributed by atoms with Gasteiger partial charge in [-0.2, -0.15) is 4.31 Å². The maximum Gasteiger partial charge on any atom is 0.308 e. The number of hydrogen-bond acceptors (Lipinski definition) is 4. The smallest absolute Gasteiger partial charge is 0.308 e. The largest absolute Gasteiger partial charge is 0.469 e. The average Bonchev–Trinajstić information content (AvgIpc) is 2.54. The third kappa shape index (κ3) is 3.44. The Hall–Kier alpha value is -1.40. The van der Waals surface area contributed by atoms with Crippen molar-refractivity contribution >= 4 is 16.0 Å². The van der Waals surface area contributed by atoms with Crippen LogP contribution in [0, 0.1) is 5.92 Å². The van der Waals surface area contributed by atoms with Gasteiger partial charge in [0.1, 0.15) is 0 Å². The summed E-state index contributed by atoms with van der Waals surface area (Å²) in [5, 5.41) is 0. The Kier molecular flexibility index (Phi) is 5.00. The van der Waals surface area contributed by atoms with Gasteiger partial charge in [-0.3, -0.25) is 4.79 Å². The van der Waals surface area contributed by atoms with Gasteiger partial charge in [0.15, 0.2) is 0 Å². The second kappa shape index (κ2) is 6.58. The number of aryl methyl sites for hydroxylation is 1. The number of methoxy groups -OCH3 is 1. The lowest BCUT2D eigenvalue weighted by Crippen LogP contribution is -2.40. The molecule has 1 aromatic carbocycles. The molecule has 0 atom stereocenters. The first-order valence-electron chi connectivity index (χ1n) is 7.16. The first-order chi connectivity index (χ1) is 9.98. The number of carbonyl (C=O) groups excluding carboxylic acids is 1. The highest BCUT2D eigenvalue weighted by molar-refractivity contribution is 7.89. The van der Waals surface area contributed by atoms with Crippen molar-refractivity contribution in [3.63, 3.8) is 0 Å². The van der Waals surface area contributed by atoms with Crippen molar-refractivity contribution in [1.82, 2.24) is 4.31 Å². The lowest BCUT2D eigenvalue weighted by Gasteiger charge is -2.29. The highest BCUT2D eigenvalue weighted by Crippen LogP contribution is 2.24. The summed E-state index contributed by atoms with van der Waals surface area (Å²) in [6, 6.07) is 6.99. The fourth-order valence-electron chi connectivity index (χ4n) is 2.54. The topological polar surface area (TPSA) is 63.7 Å². The number of sulfonamides is 1. The molecule has 1 fully saturated rings. The SMILES string of the molecule is CCc1ccc(S(=O)(=O)N2CCC(C(=O)OC)CC2)cc1. The summed E-state index contributed by atoms with van der Waals surface area (Å²) >= 11 is 0. The van der Waals surface area contributed by atoms with Crippen molar-refractivity contribution in [2.75, 3.05) is 20.2 Å². The minimum absolute atomic E-state index is 0.191. The molecule has 0 aliphatic carbocycles. The van der Waals surface area contributed by atoms with Crippen molar-refractivity contribution in [2.45, 2.75) is 31.1 Å². The zero-order valence-corrected chi connectivity index (χ0v) is 13.2. The average molecular weight is 311 g/mol. The molecule has 0 radical (unpaired) electrons. The highest BCUT2D eigenvalue weighted by atomic mass is 32.2. The number of esters is 1. The number of rotatable bonds is 4. The maximum atomic E-state index is 12.5. The molecule has 0 unspecified atom stereocenters. The van der Waals surface area contributed by atoms with Gasteiger partial charge in [0.2, 0.25) is 10.0 Å². The van der Waals surface area contributed by atoms with Crippen LogP contribution in [-0.4, -0.2) is 38.9 Å². The van der Waals surface area contributed by atoms with Crippen molar-refractivity contribution in [3.8, 4) is 0 Å². The Morgan fingerprint density at radius 1 is 1.24 bits per heavy atom. The number of hydrogen-bond donors (Lipinski definition) is 0. The predicted octanol–water partition coefficient (Wildman–Crippen LogP) is 1.82. The minimum Gasteiger partial charge on any atom is -0.469 e. The van der Waals surface area contributed by atoms with Crippen LogP contribution in [-0.2, 0) is 26.0 Å². The van der Waals surface area contributed by atoms with Gasteiger partial charge in [-0.25, -0.2) is 8.42 Å². The van der Waals surface area contributed by atoms with Crippen molar-refractivity contribution in [1.29, 1.82) is 0 Å². The first-order valence-corrected chi connectivity index (χ1v) is 8.60. The number of ether oxygens (including phenoxy) is 1. The second-order valence-electron chi connectivity index (χ2n) is 5.20. The molecular weight excluding hydrogens is 290 g/mol. The predicted molar refractivity (Wildman–Crippen MR) is 79.3 cm³/mol. The molecule has 1 heterocycles. The first kappa shape index (κ1) is 16.0. The molecule has 6 heteroatoms. The molecule has 116 valence electrons. The molecule has 0 saturated carbocycles. The van der Waals surface area contributed by atoms with E-state index in [1.807, 2.05) is 19.1 Å². The van der Waals surface area contributed by atoms with Crippen LogP contribution in [0.1, 0.15) is 25.3 Å². The third-order valence-corrected chi connectivity index (χ3v) is 5.87. The summed E-state index contributed by atoms with van der Waals surface area (Å²) in [6.45, 7) is 2.75. The minimum atomic E-state index is -3.46. The van der Waals surface area contributed by atoms with E-state index in [9.17, 15) is 13.2 Å². The van der Waals surface area contributed by atoms with E-state index < -0.39 is 10.0 Å². The lowest BCUT2D eigenvalue weighted by atomic mass is 9.99. The number of carbonyl (C=O) groups is 1. The Bertz CT molecular complexity index is 587. The molecule has 1 aliphatic rings. The van der Waals surface area contributed by atoms with Gasteiger partial charge in [-0.1, -0.05) is 19.1 Å². The molecular formula is C15H21NO4S. The Labute approximate surface area is 126 Å². The van der Waals surface area contributed by atoms with Gasteiger partial charge in [0, 0.05) is 13.1 Å². The summed E-state index contributed by atoms with van der Waals surface area (Å²) in [5.74, 6) is -0.441. The van der Waals surface area contributed by atoms with Crippen molar-refractivity contribution in [2.24, 2.45) is 5.92 Å². The molecule has 1 saturated heterocycles.